The number of nitrogens with one attached hydrogen (secondary N) is 1. The van der Waals surface area contributed by atoms with Gasteiger partial charge in [0.05, 0.1) is 5.56 Å². The Labute approximate surface area is 108 Å². The fourth-order valence-corrected chi connectivity index (χ4v) is 2.30. The summed E-state index contributed by atoms with van der Waals surface area (Å²) >= 11 is 0. The molecule has 1 aliphatic carbocycles. The van der Waals surface area contributed by atoms with Gasteiger partial charge in [0.1, 0.15) is 11.9 Å². The van der Waals surface area contributed by atoms with Crippen LogP contribution in [-0.4, -0.2) is 11.0 Å². The van der Waals surface area contributed by atoms with Gasteiger partial charge in [-0.05, 0) is 37.3 Å². The van der Waals surface area contributed by atoms with Gasteiger partial charge in [-0.2, -0.15) is 5.26 Å². The van der Waals surface area contributed by atoms with E-state index in [1.165, 1.54) is 5.56 Å². The number of terminal acetylenes is 1. The number of hydrogen-bond acceptors (Lipinski definition) is 3. The van der Waals surface area contributed by atoms with Crippen molar-refractivity contribution in [1.29, 1.82) is 5.26 Å². The molecule has 3 heteroatoms. The molecule has 0 radical (unpaired) electrons. The summed E-state index contributed by atoms with van der Waals surface area (Å²) in [5.41, 5.74) is 2.99. The van der Waals surface area contributed by atoms with E-state index in [0.29, 0.717) is 17.8 Å². The van der Waals surface area contributed by atoms with Crippen molar-refractivity contribution in [3.05, 3.63) is 22.9 Å². The fourth-order valence-electron chi connectivity index (χ4n) is 2.30. The SMILES string of the molecule is C#CCC(CC)Nc1nc2c(cc1C#N)CCC2. The number of nitrogens with zero attached hydrogens (tertiary/aromatic N) is 2. The number of hydrogen-bond donors (Lipinski definition) is 1. The first-order valence-corrected chi connectivity index (χ1v) is 6.41. The molecule has 0 aliphatic heterocycles. The van der Waals surface area contributed by atoms with Gasteiger partial charge in [0.2, 0.25) is 0 Å². The van der Waals surface area contributed by atoms with E-state index in [1.54, 1.807) is 0 Å². The lowest BCUT2D eigenvalue weighted by atomic mass is 10.1. The molecule has 0 spiro atoms. The third-order valence-corrected chi connectivity index (χ3v) is 3.37. The highest BCUT2D eigenvalue weighted by atomic mass is 15.0. The van der Waals surface area contributed by atoms with E-state index in [2.05, 4.69) is 29.2 Å². The minimum atomic E-state index is 0.189. The highest BCUT2D eigenvalue weighted by Gasteiger charge is 2.17. The number of rotatable bonds is 4. The summed E-state index contributed by atoms with van der Waals surface area (Å²) in [6.45, 7) is 2.08. The first-order chi connectivity index (χ1) is 8.78. The number of pyridine rings is 1. The second kappa shape index (κ2) is 5.56. The largest absolute Gasteiger partial charge is 0.365 e. The molecule has 1 N–H and O–H groups in total. The summed E-state index contributed by atoms with van der Waals surface area (Å²) in [4.78, 5) is 4.59. The van der Waals surface area contributed by atoms with Crippen molar-refractivity contribution < 1.29 is 0 Å². The molecule has 1 unspecified atom stereocenters. The van der Waals surface area contributed by atoms with Gasteiger partial charge in [-0.3, -0.25) is 0 Å². The van der Waals surface area contributed by atoms with E-state index in [1.807, 2.05) is 6.07 Å². The average molecular weight is 239 g/mol. The summed E-state index contributed by atoms with van der Waals surface area (Å²) in [7, 11) is 0. The van der Waals surface area contributed by atoms with Crippen LogP contribution in [0.4, 0.5) is 5.82 Å². The van der Waals surface area contributed by atoms with E-state index in [-0.39, 0.29) is 6.04 Å². The predicted molar refractivity (Wildman–Crippen MR) is 72.1 cm³/mol. The molecule has 1 aromatic heterocycles. The highest BCUT2D eigenvalue weighted by molar-refractivity contribution is 5.55. The molecule has 18 heavy (non-hydrogen) atoms. The molecule has 0 saturated carbocycles. The summed E-state index contributed by atoms with van der Waals surface area (Å²) in [5, 5.41) is 12.5. The minimum absolute atomic E-state index is 0.189. The molecular weight excluding hydrogens is 222 g/mol. The van der Waals surface area contributed by atoms with Gasteiger partial charge in [-0.25, -0.2) is 4.98 Å². The second-order valence-corrected chi connectivity index (χ2v) is 4.61. The van der Waals surface area contributed by atoms with Crippen LogP contribution in [0, 0.1) is 23.7 Å². The first kappa shape index (κ1) is 12.5. The maximum atomic E-state index is 9.19. The predicted octanol–water partition coefficient (Wildman–Crippen LogP) is 2.66. The van der Waals surface area contributed by atoms with Gasteiger partial charge in [0.15, 0.2) is 0 Å². The number of aryl methyl sites for hydroxylation is 2. The standard InChI is InChI=1S/C15H17N3/c1-3-6-13(4-2)17-15-12(10-16)9-11-7-5-8-14(11)18-15/h1,9,13H,4-8H2,2H3,(H,17,18). The maximum absolute atomic E-state index is 9.19. The minimum Gasteiger partial charge on any atom is -0.365 e. The molecule has 0 bridgehead atoms. The Balaban J connectivity index is 2.27. The van der Waals surface area contributed by atoms with Crippen LogP contribution in [0.15, 0.2) is 6.07 Å². The van der Waals surface area contributed by atoms with Crippen LogP contribution in [-0.2, 0) is 12.8 Å². The molecule has 1 aromatic rings. The molecular formula is C15H17N3. The van der Waals surface area contributed by atoms with Crippen molar-refractivity contribution in [1.82, 2.24) is 4.98 Å². The third kappa shape index (κ3) is 2.46. The topological polar surface area (TPSA) is 48.7 Å². The Morgan fingerprint density at radius 1 is 1.56 bits per heavy atom. The first-order valence-electron chi connectivity index (χ1n) is 6.41. The van der Waals surface area contributed by atoms with Crippen molar-refractivity contribution in [2.75, 3.05) is 5.32 Å². The van der Waals surface area contributed by atoms with Crippen LogP contribution in [0.25, 0.3) is 0 Å². The van der Waals surface area contributed by atoms with Gasteiger partial charge in [0.25, 0.3) is 0 Å². The molecule has 0 saturated heterocycles. The second-order valence-electron chi connectivity index (χ2n) is 4.61. The van der Waals surface area contributed by atoms with E-state index in [4.69, 9.17) is 6.42 Å². The summed E-state index contributed by atoms with van der Waals surface area (Å²) in [5.74, 6) is 3.35. The lowest BCUT2D eigenvalue weighted by Gasteiger charge is -2.16. The molecule has 0 fully saturated rings. The van der Waals surface area contributed by atoms with Crippen molar-refractivity contribution in [3.8, 4) is 18.4 Å². The van der Waals surface area contributed by atoms with Gasteiger partial charge in [0, 0.05) is 18.2 Å². The van der Waals surface area contributed by atoms with Crippen LogP contribution in [0.2, 0.25) is 0 Å². The lowest BCUT2D eigenvalue weighted by molar-refractivity contribution is 0.710. The van der Waals surface area contributed by atoms with Crippen LogP contribution >= 0.6 is 0 Å². The molecule has 1 atom stereocenters. The van der Waals surface area contributed by atoms with Crippen molar-refractivity contribution >= 4 is 5.82 Å². The van der Waals surface area contributed by atoms with E-state index < -0.39 is 0 Å². The number of nitriles is 1. The Kier molecular flexibility index (Phi) is 3.85. The number of fused-ring (bicyclic) bond motifs is 1. The van der Waals surface area contributed by atoms with Gasteiger partial charge in [-0.1, -0.05) is 6.92 Å². The van der Waals surface area contributed by atoms with E-state index in [9.17, 15) is 5.26 Å². The van der Waals surface area contributed by atoms with E-state index >= 15 is 0 Å². The van der Waals surface area contributed by atoms with Gasteiger partial charge < -0.3 is 5.32 Å². The smallest absolute Gasteiger partial charge is 0.144 e. The van der Waals surface area contributed by atoms with Gasteiger partial charge in [-0.15, -0.1) is 12.3 Å². The molecule has 2 rings (SSSR count). The van der Waals surface area contributed by atoms with Crippen LogP contribution in [0.3, 0.4) is 0 Å². The normalized spacial score (nSPS) is 14.4. The lowest BCUT2D eigenvalue weighted by Crippen LogP contribution is -2.19. The van der Waals surface area contributed by atoms with Crippen molar-refractivity contribution in [3.63, 3.8) is 0 Å². The summed E-state index contributed by atoms with van der Waals surface area (Å²) < 4.78 is 0. The molecule has 1 aliphatic rings. The average Bonchev–Trinajstić information content (AvgIpc) is 2.84. The molecule has 0 aromatic carbocycles. The Morgan fingerprint density at radius 3 is 3.06 bits per heavy atom. The zero-order chi connectivity index (χ0) is 13.0. The fraction of sp³-hybridized carbons (Fsp3) is 0.467. The Hall–Kier alpha value is -2.00. The monoisotopic (exact) mass is 239 g/mol. The quantitative estimate of drug-likeness (QED) is 0.822. The van der Waals surface area contributed by atoms with Crippen molar-refractivity contribution in [2.45, 2.75) is 45.1 Å². The van der Waals surface area contributed by atoms with Gasteiger partial charge >= 0.3 is 0 Å². The summed E-state index contributed by atoms with van der Waals surface area (Å²) in [6, 6.07) is 4.38. The Morgan fingerprint density at radius 2 is 2.39 bits per heavy atom. The third-order valence-electron chi connectivity index (χ3n) is 3.37. The van der Waals surface area contributed by atoms with Crippen LogP contribution in [0.5, 0.6) is 0 Å². The van der Waals surface area contributed by atoms with Crippen LogP contribution in [0.1, 0.15) is 43.0 Å². The molecule has 0 amide bonds. The molecule has 3 nitrogen and oxygen atoms in total. The zero-order valence-corrected chi connectivity index (χ0v) is 10.7. The summed E-state index contributed by atoms with van der Waals surface area (Å²) in [6.07, 6.45) is 10.1. The number of aromatic nitrogens is 1. The molecule has 1 heterocycles. The van der Waals surface area contributed by atoms with Crippen LogP contribution < -0.4 is 5.32 Å². The zero-order valence-electron chi connectivity index (χ0n) is 10.7. The van der Waals surface area contributed by atoms with E-state index in [0.717, 1.165) is 31.4 Å². The van der Waals surface area contributed by atoms with Crippen molar-refractivity contribution in [2.24, 2.45) is 0 Å². The Bertz CT molecular complexity index is 520. The maximum Gasteiger partial charge on any atom is 0.144 e. The highest BCUT2D eigenvalue weighted by Crippen LogP contribution is 2.25. The molecule has 92 valence electrons. The number of anilines is 1.